The summed E-state index contributed by atoms with van der Waals surface area (Å²) in [4.78, 5) is 38.2. The first-order valence-electron chi connectivity index (χ1n) is 11.8. The highest BCUT2D eigenvalue weighted by atomic mass is 16.5. The number of carbonyl (C=O) groups excluding carboxylic acids is 1. The van der Waals surface area contributed by atoms with Crippen molar-refractivity contribution in [3.63, 3.8) is 0 Å². The van der Waals surface area contributed by atoms with Gasteiger partial charge in [0, 0.05) is 62.6 Å². The van der Waals surface area contributed by atoms with E-state index in [0.717, 1.165) is 52.1 Å². The lowest BCUT2D eigenvalue weighted by Crippen LogP contribution is -2.53. The summed E-state index contributed by atoms with van der Waals surface area (Å²) in [6.45, 7) is 5.88. The first-order valence-corrected chi connectivity index (χ1v) is 11.8. The number of hydrogen-bond acceptors (Lipinski definition) is 7. The molecule has 0 aromatic heterocycles. The minimum Gasteiger partial charge on any atom is -0.497 e. The van der Waals surface area contributed by atoms with Gasteiger partial charge in [-0.2, -0.15) is 0 Å². The second kappa shape index (κ2) is 12.8. The molecule has 2 heterocycles. The lowest BCUT2D eigenvalue weighted by atomic mass is 10.0. The largest absolute Gasteiger partial charge is 0.497 e. The van der Waals surface area contributed by atoms with Crippen molar-refractivity contribution in [2.24, 2.45) is 0 Å². The molecule has 36 heavy (non-hydrogen) atoms. The van der Waals surface area contributed by atoms with Crippen molar-refractivity contribution in [3.05, 3.63) is 54.1 Å². The number of likely N-dealkylation sites (tertiary alicyclic amines) is 1. The van der Waals surface area contributed by atoms with E-state index in [4.69, 9.17) is 29.3 Å². The number of carboxylic acids is 2. The number of aliphatic carboxylic acids is 2. The van der Waals surface area contributed by atoms with E-state index in [2.05, 4.69) is 40.1 Å². The molecule has 0 aliphatic carbocycles. The van der Waals surface area contributed by atoms with Crippen LogP contribution >= 0.6 is 0 Å². The Hall–Kier alpha value is -3.79. The van der Waals surface area contributed by atoms with E-state index in [1.807, 2.05) is 4.90 Å². The molecule has 2 N–H and O–H groups in total. The second-order valence-electron chi connectivity index (χ2n) is 8.59. The zero-order valence-electron chi connectivity index (χ0n) is 20.6. The van der Waals surface area contributed by atoms with Crippen molar-refractivity contribution in [1.29, 1.82) is 0 Å². The molecular formula is C26H33N3O7. The second-order valence-corrected chi connectivity index (χ2v) is 8.59. The molecule has 2 aliphatic heterocycles. The van der Waals surface area contributed by atoms with Crippen molar-refractivity contribution in [1.82, 2.24) is 9.80 Å². The number of anilines is 1. The number of piperazine rings is 1. The molecule has 2 aromatic carbocycles. The highest BCUT2D eigenvalue weighted by Crippen LogP contribution is 2.26. The van der Waals surface area contributed by atoms with Crippen LogP contribution in [0.15, 0.2) is 48.5 Å². The van der Waals surface area contributed by atoms with Crippen molar-refractivity contribution in [2.45, 2.75) is 18.9 Å². The maximum absolute atomic E-state index is 13.0. The molecule has 4 rings (SSSR count). The van der Waals surface area contributed by atoms with E-state index in [9.17, 15) is 4.79 Å². The molecule has 0 radical (unpaired) electrons. The van der Waals surface area contributed by atoms with Crippen molar-refractivity contribution < 1.29 is 34.1 Å². The summed E-state index contributed by atoms with van der Waals surface area (Å²) < 4.78 is 10.6. The number of para-hydroxylation sites is 1. The van der Waals surface area contributed by atoms with Crippen molar-refractivity contribution in [3.8, 4) is 11.5 Å². The van der Waals surface area contributed by atoms with E-state index < -0.39 is 11.9 Å². The van der Waals surface area contributed by atoms with E-state index in [1.54, 1.807) is 32.4 Å². The van der Waals surface area contributed by atoms with Crippen LogP contribution in [-0.2, 0) is 9.59 Å². The summed E-state index contributed by atoms with van der Waals surface area (Å²) in [7, 11) is 3.21. The predicted molar refractivity (Wildman–Crippen MR) is 134 cm³/mol. The number of amides is 1. The van der Waals surface area contributed by atoms with Gasteiger partial charge in [-0.15, -0.1) is 0 Å². The maximum Gasteiger partial charge on any atom is 0.414 e. The monoisotopic (exact) mass is 499 g/mol. The zero-order valence-corrected chi connectivity index (χ0v) is 20.6. The summed E-state index contributed by atoms with van der Waals surface area (Å²) in [5.74, 6) is -2.31. The molecule has 1 amide bonds. The maximum atomic E-state index is 13.0. The Bertz CT molecular complexity index is 997. The molecule has 10 nitrogen and oxygen atoms in total. The van der Waals surface area contributed by atoms with Crippen LogP contribution in [0.25, 0.3) is 0 Å². The minimum atomic E-state index is -1.82. The number of ether oxygens (including phenoxy) is 2. The Morgan fingerprint density at radius 2 is 1.31 bits per heavy atom. The van der Waals surface area contributed by atoms with Gasteiger partial charge in [-0.3, -0.25) is 9.69 Å². The Kier molecular flexibility index (Phi) is 9.52. The molecule has 194 valence electrons. The summed E-state index contributed by atoms with van der Waals surface area (Å²) in [5, 5.41) is 14.8. The van der Waals surface area contributed by atoms with Gasteiger partial charge in [0.1, 0.15) is 11.5 Å². The summed E-state index contributed by atoms with van der Waals surface area (Å²) in [6.07, 6.45) is 2.05. The average molecular weight is 500 g/mol. The number of carboxylic acid groups (broad SMARTS) is 2. The van der Waals surface area contributed by atoms with Crippen LogP contribution < -0.4 is 14.4 Å². The normalized spacial score (nSPS) is 16.5. The van der Waals surface area contributed by atoms with Gasteiger partial charge in [-0.05, 0) is 37.1 Å². The van der Waals surface area contributed by atoms with Crippen LogP contribution in [-0.4, -0.2) is 97.4 Å². The van der Waals surface area contributed by atoms with Crippen LogP contribution in [0.3, 0.4) is 0 Å². The number of nitrogens with zero attached hydrogens (tertiary/aromatic N) is 3. The molecule has 0 spiro atoms. The third-order valence-electron chi connectivity index (χ3n) is 6.49. The Morgan fingerprint density at radius 1 is 0.778 bits per heavy atom. The first-order chi connectivity index (χ1) is 17.3. The molecule has 0 unspecified atom stereocenters. The third-order valence-corrected chi connectivity index (χ3v) is 6.49. The van der Waals surface area contributed by atoms with Gasteiger partial charge in [-0.25, -0.2) is 9.59 Å². The molecular weight excluding hydrogens is 466 g/mol. The first kappa shape index (κ1) is 26.8. The lowest BCUT2D eigenvalue weighted by molar-refractivity contribution is -0.159. The number of piperidine rings is 1. The topological polar surface area (TPSA) is 120 Å². The van der Waals surface area contributed by atoms with Gasteiger partial charge in [0.2, 0.25) is 0 Å². The van der Waals surface area contributed by atoms with Crippen LogP contribution in [0.2, 0.25) is 0 Å². The van der Waals surface area contributed by atoms with Crippen LogP contribution in [0.4, 0.5) is 5.69 Å². The van der Waals surface area contributed by atoms with E-state index in [0.29, 0.717) is 23.1 Å². The molecule has 0 saturated carbocycles. The summed E-state index contributed by atoms with van der Waals surface area (Å²) in [5.41, 5.74) is 1.94. The fourth-order valence-corrected chi connectivity index (χ4v) is 4.53. The highest BCUT2D eigenvalue weighted by Gasteiger charge is 2.29. The van der Waals surface area contributed by atoms with Gasteiger partial charge < -0.3 is 29.5 Å². The Labute approximate surface area is 210 Å². The fraction of sp³-hybridized carbons (Fsp3) is 0.423. The number of methoxy groups -OCH3 is 2. The third kappa shape index (κ3) is 7.11. The fourth-order valence-electron chi connectivity index (χ4n) is 4.53. The minimum absolute atomic E-state index is 0.0551. The Morgan fingerprint density at radius 3 is 1.78 bits per heavy atom. The molecule has 0 bridgehead atoms. The van der Waals surface area contributed by atoms with E-state index in [1.165, 1.54) is 5.69 Å². The zero-order chi connectivity index (χ0) is 26.1. The Balaban J connectivity index is 0.000000538. The van der Waals surface area contributed by atoms with Crippen molar-refractivity contribution >= 4 is 23.5 Å². The number of hydrogen-bond donors (Lipinski definition) is 2. The SMILES string of the molecule is COc1cc(OC)cc(C(=O)N2CCC(N3CCN(c4ccccc4)CC3)CC2)c1.O=C(O)C(=O)O. The van der Waals surface area contributed by atoms with Gasteiger partial charge in [0.15, 0.2) is 0 Å². The molecule has 2 aromatic rings. The van der Waals surface area contributed by atoms with Gasteiger partial charge in [0.05, 0.1) is 14.2 Å². The molecule has 2 saturated heterocycles. The number of carbonyl (C=O) groups is 3. The molecule has 2 fully saturated rings. The molecule has 0 atom stereocenters. The average Bonchev–Trinajstić information content (AvgIpc) is 2.93. The number of rotatable bonds is 5. The molecule has 2 aliphatic rings. The van der Waals surface area contributed by atoms with Crippen LogP contribution in [0, 0.1) is 0 Å². The standard InChI is InChI=1S/C24H31N3O3.C2H2O4/c1-29-22-16-19(17-23(18-22)30-2)24(28)27-10-8-21(9-11-27)26-14-12-25(13-15-26)20-6-4-3-5-7-20;3-1(4)2(5)6/h3-7,16-18,21H,8-15H2,1-2H3;(H,3,4)(H,5,6). The van der Waals surface area contributed by atoms with E-state index >= 15 is 0 Å². The number of benzene rings is 2. The highest BCUT2D eigenvalue weighted by molar-refractivity contribution is 6.27. The predicted octanol–water partition coefficient (Wildman–Crippen LogP) is 2.29. The summed E-state index contributed by atoms with van der Waals surface area (Å²) in [6, 6.07) is 16.6. The van der Waals surface area contributed by atoms with Crippen molar-refractivity contribution in [2.75, 3.05) is 58.4 Å². The lowest BCUT2D eigenvalue weighted by Gasteiger charge is -2.43. The van der Waals surface area contributed by atoms with Gasteiger partial charge in [0.25, 0.3) is 5.91 Å². The quantitative estimate of drug-likeness (QED) is 0.597. The summed E-state index contributed by atoms with van der Waals surface area (Å²) >= 11 is 0. The smallest absolute Gasteiger partial charge is 0.414 e. The van der Waals surface area contributed by atoms with E-state index in [-0.39, 0.29) is 5.91 Å². The van der Waals surface area contributed by atoms with Crippen LogP contribution in [0.1, 0.15) is 23.2 Å². The van der Waals surface area contributed by atoms with Crippen LogP contribution in [0.5, 0.6) is 11.5 Å². The van der Waals surface area contributed by atoms with Gasteiger partial charge >= 0.3 is 11.9 Å². The van der Waals surface area contributed by atoms with Gasteiger partial charge in [-0.1, -0.05) is 18.2 Å². The molecule has 10 heteroatoms.